The molecule has 1 fully saturated rings. The number of halogens is 1. The van der Waals surface area contributed by atoms with Crippen LogP contribution in [0.15, 0.2) is 43.1 Å². The number of anilines is 1. The van der Waals surface area contributed by atoms with Crippen LogP contribution in [0.4, 0.5) is 5.82 Å². The molecule has 0 radical (unpaired) electrons. The lowest BCUT2D eigenvalue weighted by Crippen LogP contribution is -2.20. The molecule has 3 aromatic rings. The van der Waals surface area contributed by atoms with Gasteiger partial charge in [0.25, 0.3) is 5.91 Å². The van der Waals surface area contributed by atoms with E-state index in [4.69, 9.17) is 11.6 Å². The Morgan fingerprint density at radius 3 is 2.65 bits per heavy atom. The van der Waals surface area contributed by atoms with Crippen molar-refractivity contribution in [3.05, 3.63) is 53.7 Å². The SMILES string of the molecule is O=C(Nc1ccnn1C1CCCCC1)c1cc(-n2cnnc2)ccc1Cl. The van der Waals surface area contributed by atoms with E-state index in [-0.39, 0.29) is 5.91 Å². The molecular weight excluding hydrogens is 352 g/mol. The third-order valence-electron chi connectivity index (χ3n) is 4.74. The summed E-state index contributed by atoms with van der Waals surface area (Å²) in [4.78, 5) is 12.8. The summed E-state index contributed by atoms with van der Waals surface area (Å²) in [5, 5.41) is 15.3. The third kappa shape index (κ3) is 3.35. The molecule has 8 heteroatoms. The van der Waals surface area contributed by atoms with Gasteiger partial charge < -0.3 is 5.32 Å². The van der Waals surface area contributed by atoms with Crippen molar-refractivity contribution in [2.24, 2.45) is 0 Å². The Labute approximate surface area is 156 Å². The average molecular weight is 371 g/mol. The van der Waals surface area contributed by atoms with Gasteiger partial charge >= 0.3 is 0 Å². The Kier molecular flexibility index (Phi) is 4.71. The van der Waals surface area contributed by atoms with Crippen molar-refractivity contribution in [3.8, 4) is 5.69 Å². The lowest BCUT2D eigenvalue weighted by molar-refractivity contribution is 0.102. The standard InChI is InChI=1S/C18H19ClN6O/c19-16-7-6-14(24-11-20-21-12-24)10-15(16)18(26)23-17-8-9-22-25(17)13-4-2-1-3-5-13/h6-13H,1-5H2,(H,23,26). The van der Waals surface area contributed by atoms with Gasteiger partial charge in [0, 0.05) is 11.8 Å². The summed E-state index contributed by atoms with van der Waals surface area (Å²) in [6.07, 6.45) is 10.7. The number of benzene rings is 1. The summed E-state index contributed by atoms with van der Waals surface area (Å²) in [7, 11) is 0. The molecule has 2 heterocycles. The van der Waals surface area contributed by atoms with Gasteiger partial charge in [-0.05, 0) is 31.0 Å². The van der Waals surface area contributed by atoms with Crippen LogP contribution in [0.2, 0.25) is 5.02 Å². The first-order valence-electron chi connectivity index (χ1n) is 8.72. The first kappa shape index (κ1) is 16.8. The molecule has 1 aliphatic rings. The van der Waals surface area contributed by atoms with Gasteiger partial charge in [-0.1, -0.05) is 30.9 Å². The fraction of sp³-hybridized carbons (Fsp3) is 0.333. The number of aromatic nitrogens is 5. The number of hydrogen-bond acceptors (Lipinski definition) is 4. The predicted molar refractivity (Wildman–Crippen MR) is 98.7 cm³/mol. The highest BCUT2D eigenvalue weighted by Gasteiger charge is 2.20. The van der Waals surface area contributed by atoms with E-state index in [0.29, 0.717) is 22.4 Å². The fourth-order valence-corrected chi connectivity index (χ4v) is 3.60. The zero-order valence-electron chi connectivity index (χ0n) is 14.2. The highest BCUT2D eigenvalue weighted by atomic mass is 35.5. The van der Waals surface area contributed by atoms with E-state index < -0.39 is 0 Å². The van der Waals surface area contributed by atoms with Crippen LogP contribution in [0.3, 0.4) is 0 Å². The Balaban J connectivity index is 1.57. The van der Waals surface area contributed by atoms with Gasteiger partial charge in [0.2, 0.25) is 0 Å². The average Bonchev–Trinajstić information content (AvgIpc) is 3.35. The summed E-state index contributed by atoms with van der Waals surface area (Å²) in [5.41, 5.74) is 1.17. The maximum absolute atomic E-state index is 12.8. The van der Waals surface area contributed by atoms with Gasteiger partial charge in [0.1, 0.15) is 18.5 Å². The van der Waals surface area contributed by atoms with Gasteiger partial charge in [-0.15, -0.1) is 10.2 Å². The molecule has 1 aromatic carbocycles. The van der Waals surface area contributed by atoms with E-state index in [1.165, 1.54) is 19.3 Å². The minimum Gasteiger partial charge on any atom is -0.307 e. The van der Waals surface area contributed by atoms with Crippen LogP contribution in [0.5, 0.6) is 0 Å². The van der Waals surface area contributed by atoms with Crippen molar-refractivity contribution in [3.63, 3.8) is 0 Å². The molecule has 1 amide bonds. The number of nitrogens with zero attached hydrogens (tertiary/aromatic N) is 5. The van der Waals surface area contributed by atoms with Crippen LogP contribution in [0, 0.1) is 0 Å². The molecule has 0 spiro atoms. The van der Waals surface area contributed by atoms with Gasteiger partial charge in [-0.3, -0.25) is 9.36 Å². The molecular formula is C18H19ClN6O. The molecule has 4 rings (SSSR count). The summed E-state index contributed by atoms with van der Waals surface area (Å²) in [6.45, 7) is 0. The lowest BCUT2D eigenvalue weighted by atomic mass is 9.96. The predicted octanol–water partition coefficient (Wildman–Crippen LogP) is 3.87. The molecule has 1 aliphatic carbocycles. The number of amides is 1. The number of rotatable bonds is 4. The fourth-order valence-electron chi connectivity index (χ4n) is 3.40. The molecule has 0 unspecified atom stereocenters. The zero-order chi connectivity index (χ0) is 17.9. The molecule has 0 atom stereocenters. The number of carbonyl (C=O) groups is 1. The topological polar surface area (TPSA) is 77.6 Å². The second-order valence-electron chi connectivity index (χ2n) is 6.44. The smallest absolute Gasteiger partial charge is 0.258 e. The Bertz CT molecular complexity index is 898. The summed E-state index contributed by atoms with van der Waals surface area (Å²) < 4.78 is 3.65. The van der Waals surface area contributed by atoms with Crippen molar-refractivity contribution in [2.75, 3.05) is 5.32 Å². The Morgan fingerprint density at radius 1 is 1.12 bits per heavy atom. The van der Waals surface area contributed by atoms with E-state index in [9.17, 15) is 4.79 Å². The van der Waals surface area contributed by atoms with Crippen molar-refractivity contribution < 1.29 is 4.79 Å². The molecule has 7 nitrogen and oxygen atoms in total. The molecule has 1 saturated carbocycles. The summed E-state index contributed by atoms with van der Waals surface area (Å²) in [6, 6.07) is 7.40. The first-order valence-corrected chi connectivity index (χ1v) is 9.09. The maximum Gasteiger partial charge on any atom is 0.258 e. The molecule has 0 aliphatic heterocycles. The Morgan fingerprint density at radius 2 is 1.88 bits per heavy atom. The van der Waals surface area contributed by atoms with Crippen molar-refractivity contribution in [1.29, 1.82) is 0 Å². The van der Waals surface area contributed by atoms with Crippen molar-refractivity contribution in [2.45, 2.75) is 38.1 Å². The zero-order valence-corrected chi connectivity index (χ0v) is 14.9. The minimum absolute atomic E-state index is 0.262. The van der Waals surface area contributed by atoms with Crippen molar-refractivity contribution in [1.82, 2.24) is 24.5 Å². The lowest BCUT2D eigenvalue weighted by Gasteiger charge is -2.24. The number of nitrogens with one attached hydrogen (secondary N) is 1. The van der Waals surface area contributed by atoms with Crippen LogP contribution < -0.4 is 5.32 Å². The van der Waals surface area contributed by atoms with Gasteiger partial charge in [0.05, 0.1) is 22.8 Å². The Hall–Kier alpha value is -2.67. The number of hydrogen-bond donors (Lipinski definition) is 1. The summed E-state index contributed by atoms with van der Waals surface area (Å²) >= 11 is 6.26. The number of carbonyl (C=O) groups excluding carboxylic acids is 1. The normalized spacial score (nSPS) is 15.1. The largest absolute Gasteiger partial charge is 0.307 e. The molecule has 0 saturated heterocycles. The molecule has 26 heavy (non-hydrogen) atoms. The molecule has 134 valence electrons. The minimum atomic E-state index is -0.262. The first-order chi connectivity index (χ1) is 12.7. The molecule has 0 bridgehead atoms. The summed E-state index contributed by atoms with van der Waals surface area (Å²) in [5.74, 6) is 0.440. The van der Waals surface area contributed by atoms with E-state index >= 15 is 0 Å². The van der Waals surface area contributed by atoms with Crippen LogP contribution in [0.1, 0.15) is 48.5 Å². The van der Waals surface area contributed by atoms with Gasteiger partial charge in [0.15, 0.2) is 0 Å². The maximum atomic E-state index is 12.8. The van der Waals surface area contributed by atoms with E-state index in [1.807, 2.05) is 16.8 Å². The quantitative estimate of drug-likeness (QED) is 0.756. The van der Waals surface area contributed by atoms with E-state index in [0.717, 1.165) is 18.5 Å². The molecule has 2 aromatic heterocycles. The van der Waals surface area contributed by atoms with E-state index in [1.54, 1.807) is 35.6 Å². The highest BCUT2D eigenvalue weighted by molar-refractivity contribution is 6.34. The highest BCUT2D eigenvalue weighted by Crippen LogP contribution is 2.30. The van der Waals surface area contributed by atoms with Gasteiger partial charge in [-0.2, -0.15) is 5.10 Å². The van der Waals surface area contributed by atoms with Crippen LogP contribution >= 0.6 is 11.6 Å². The second-order valence-corrected chi connectivity index (χ2v) is 6.85. The van der Waals surface area contributed by atoms with Crippen LogP contribution in [-0.4, -0.2) is 30.5 Å². The van der Waals surface area contributed by atoms with E-state index in [2.05, 4.69) is 20.6 Å². The van der Waals surface area contributed by atoms with Crippen molar-refractivity contribution >= 4 is 23.3 Å². The van der Waals surface area contributed by atoms with Gasteiger partial charge in [-0.25, -0.2) is 4.68 Å². The third-order valence-corrected chi connectivity index (χ3v) is 5.07. The molecule has 1 N–H and O–H groups in total. The van der Waals surface area contributed by atoms with Crippen LogP contribution in [0.25, 0.3) is 5.69 Å². The second kappa shape index (κ2) is 7.29. The van der Waals surface area contributed by atoms with Crippen LogP contribution in [-0.2, 0) is 0 Å². The monoisotopic (exact) mass is 370 g/mol.